The first-order valence-electron chi connectivity index (χ1n) is 7.37. The smallest absolute Gasteiger partial charge is 0.305 e. The molecule has 1 N–H and O–H groups in total. The molecule has 0 radical (unpaired) electrons. The molecule has 2 aromatic rings. The average Bonchev–Trinajstić information content (AvgIpc) is 3.14. The highest BCUT2D eigenvalue weighted by molar-refractivity contribution is 8.26. The Bertz CT molecular complexity index is 939. The molecule has 5 nitrogen and oxygen atoms in total. The zero-order chi connectivity index (χ0) is 18.8. The predicted molar refractivity (Wildman–Crippen MR) is 106 cm³/mol. The van der Waals surface area contributed by atoms with Gasteiger partial charge in [-0.05, 0) is 30.3 Å². The Hall–Kier alpha value is -1.80. The van der Waals surface area contributed by atoms with E-state index in [1.165, 1.54) is 4.90 Å². The topological polar surface area (TPSA) is 70.8 Å². The second-order valence-corrected chi connectivity index (χ2v) is 7.80. The van der Waals surface area contributed by atoms with E-state index in [9.17, 15) is 9.59 Å². The van der Waals surface area contributed by atoms with Gasteiger partial charge in [0.05, 0.1) is 21.4 Å². The van der Waals surface area contributed by atoms with Crippen LogP contribution in [0.2, 0.25) is 10.0 Å². The van der Waals surface area contributed by atoms with Crippen LogP contribution in [0.15, 0.2) is 39.7 Å². The summed E-state index contributed by atoms with van der Waals surface area (Å²) in [5.74, 6) is -0.255. The average molecular weight is 428 g/mol. The number of carbonyl (C=O) groups is 2. The summed E-state index contributed by atoms with van der Waals surface area (Å²) in [6, 6.07) is 8.63. The first kappa shape index (κ1) is 19.0. The summed E-state index contributed by atoms with van der Waals surface area (Å²) in [4.78, 5) is 24.7. The normalized spacial score (nSPS) is 15.9. The van der Waals surface area contributed by atoms with E-state index in [-0.39, 0.29) is 18.9 Å². The van der Waals surface area contributed by atoms with Gasteiger partial charge in [-0.2, -0.15) is 0 Å². The fourth-order valence-corrected chi connectivity index (χ4v) is 3.85. The molecule has 0 saturated carbocycles. The van der Waals surface area contributed by atoms with Crippen molar-refractivity contribution in [2.75, 3.05) is 6.54 Å². The largest absolute Gasteiger partial charge is 0.481 e. The molecule has 1 aromatic heterocycles. The number of thioether (sulfide) groups is 1. The van der Waals surface area contributed by atoms with Crippen molar-refractivity contribution in [3.63, 3.8) is 0 Å². The number of carbonyl (C=O) groups excluding carboxylic acids is 1. The molecular weight excluding hydrogens is 417 g/mol. The molecule has 134 valence electrons. The van der Waals surface area contributed by atoms with Gasteiger partial charge in [-0.15, -0.1) is 0 Å². The lowest BCUT2D eigenvalue weighted by atomic mass is 10.2. The summed E-state index contributed by atoms with van der Waals surface area (Å²) >= 11 is 18.2. The van der Waals surface area contributed by atoms with Crippen LogP contribution >= 0.6 is 47.2 Å². The van der Waals surface area contributed by atoms with E-state index in [2.05, 4.69) is 0 Å². The van der Waals surface area contributed by atoms with Gasteiger partial charge in [0.1, 0.15) is 15.8 Å². The van der Waals surface area contributed by atoms with Gasteiger partial charge in [0.2, 0.25) is 0 Å². The Morgan fingerprint density at radius 3 is 2.73 bits per heavy atom. The van der Waals surface area contributed by atoms with Gasteiger partial charge >= 0.3 is 5.97 Å². The Morgan fingerprint density at radius 1 is 1.27 bits per heavy atom. The molecule has 1 saturated heterocycles. The van der Waals surface area contributed by atoms with Crippen molar-refractivity contribution in [2.24, 2.45) is 0 Å². The third-order valence-electron chi connectivity index (χ3n) is 3.53. The van der Waals surface area contributed by atoms with Crippen LogP contribution in [0.3, 0.4) is 0 Å². The van der Waals surface area contributed by atoms with Crippen LogP contribution in [-0.2, 0) is 9.59 Å². The summed E-state index contributed by atoms with van der Waals surface area (Å²) in [5.41, 5.74) is 0.757. The van der Waals surface area contributed by atoms with Crippen molar-refractivity contribution >= 4 is 69.5 Å². The second kappa shape index (κ2) is 7.84. The Labute approximate surface area is 168 Å². The number of hydrogen-bond acceptors (Lipinski definition) is 5. The van der Waals surface area contributed by atoms with Gasteiger partial charge in [-0.25, -0.2) is 0 Å². The quantitative estimate of drug-likeness (QED) is 0.538. The number of amides is 1. The first-order chi connectivity index (χ1) is 12.3. The van der Waals surface area contributed by atoms with Gasteiger partial charge in [0.15, 0.2) is 0 Å². The van der Waals surface area contributed by atoms with Crippen molar-refractivity contribution in [3.05, 3.63) is 51.0 Å². The van der Waals surface area contributed by atoms with Crippen LogP contribution in [0.4, 0.5) is 0 Å². The van der Waals surface area contributed by atoms with Crippen LogP contribution in [-0.4, -0.2) is 32.7 Å². The zero-order valence-corrected chi connectivity index (χ0v) is 16.2. The summed E-state index contributed by atoms with van der Waals surface area (Å²) in [6.07, 6.45) is 1.42. The molecule has 3 rings (SSSR count). The lowest BCUT2D eigenvalue weighted by Gasteiger charge is -2.12. The van der Waals surface area contributed by atoms with Crippen molar-refractivity contribution < 1.29 is 19.1 Å². The molecule has 1 aromatic carbocycles. The molecule has 1 fully saturated rings. The van der Waals surface area contributed by atoms with E-state index in [1.807, 2.05) is 0 Å². The number of hydrogen-bond donors (Lipinski definition) is 1. The maximum atomic E-state index is 12.4. The van der Waals surface area contributed by atoms with Gasteiger partial charge in [0, 0.05) is 18.2 Å². The maximum Gasteiger partial charge on any atom is 0.305 e. The lowest BCUT2D eigenvalue weighted by Crippen LogP contribution is -2.30. The minimum Gasteiger partial charge on any atom is -0.481 e. The number of benzene rings is 1. The molecule has 9 heteroatoms. The molecule has 0 atom stereocenters. The second-order valence-electron chi connectivity index (χ2n) is 5.31. The zero-order valence-electron chi connectivity index (χ0n) is 13.1. The third-order valence-corrected chi connectivity index (χ3v) is 5.64. The fraction of sp³-hybridized carbons (Fsp3) is 0.118. The molecule has 1 amide bonds. The molecule has 0 spiro atoms. The monoisotopic (exact) mass is 427 g/mol. The van der Waals surface area contributed by atoms with Crippen LogP contribution in [0, 0.1) is 0 Å². The third kappa shape index (κ3) is 4.12. The van der Waals surface area contributed by atoms with E-state index in [0.29, 0.717) is 30.8 Å². The molecule has 2 heterocycles. The summed E-state index contributed by atoms with van der Waals surface area (Å²) in [7, 11) is 0. The van der Waals surface area contributed by atoms with Crippen molar-refractivity contribution in [2.45, 2.75) is 6.42 Å². The Kier molecular flexibility index (Phi) is 5.72. The number of thiocarbonyl (C=S) groups is 1. The minimum atomic E-state index is -0.986. The number of rotatable bonds is 5. The van der Waals surface area contributed by atoms with E-state index in [1.54, 1.807) is 36.4 Å². The van der Waals surface area contributed by atoms with Crippen molar-refractivity contribution in [1.82, 2.24) is 4.90 Å². The SMILES string of the molecule is O=C(O)CCN1C(=O)/C(=C\c2ccc(-c3ccc(Cl)c(Cl)c3)o2)SC1=S. The van der Waals surface area contributed by atoms with Crippen LogP contribution in [0.5, 0.6) is 0 Å². The number of nitrogens with zero attached hydrogens (tertiary/aromatic N) is 1. The number of aliphatic carboxylic acids is 1. The highest BCUT2D eigenvalue weighted by Gasteiger charge is 2.32. The van der Waals surface area contributed by atoms with Gasteiger partial charge in [0.25, 0.3) is 5.91 Å². The standard InChI is InChI=1S/C17H11Cl2NO4S2/c18-11-3-1-9(7-12(11)19)13-4-2-10(24-13)8-14-16(23)20(17(25)26-14)6-5-15(21)22/h1-4,7-8H,5-6H2,(H,21,22)/b14-8+. The maximum absolute atomic E-state index is 12.4. The number of carboxylic acids is 1. The van der Waals surface area contributed by atoms with Crippen molar-refractivity contribution in [1.29, 1.82) is 0 Å². The van der Waals surface area contributed by atoms with E-state index < -0.39 is 5.97 Å². The first-order valence-corrected chi connectivity index (χ1v) is 9.35. The van der Waals surface area contributed by atoms with Gasteiger partial charge in [-0.1, -0.05) is 47.2 Å². The summed E-state index contributed by atoms with van der Waals surface area (Å²) in [6.45, 7) is 0.0457. The van der Waals surface area contributed by atoms with Gasteiger partial charge < -0.3 is 9.52 Å². The molecule has 0 aliphatic carbocycles. The molecular formula is C17H11Cl2NO4S2. The number of carboxylic acid groups (broad SMARTS) is 1. The Balaban J connectivity index is 1.79. The molecule has 0 unspecified atom stereocenters. The molecule has 26 heavy (non-hydrogen) atoms. The van der Waals surface area contributed by atoms with E-state index in [0.717, 1.165) is 17.3 Å². The number of furan rings is 1. The fourth-order valence-electron chi connectivity index (χ4n) is 2.26. The van der Waals surface area contributed by atoms with Crippen LogP contribution < -0.4 is 0 Å². The lowest BCUT2D eigenvalue weighted by molar-refractivity contribution is -0.137. The minimum absolute atomic E-state index is 0.0457. The molecule has 0 bridgehead atoms. The van der Waals surface area contributed by atoms with E-state index in [4.69, 9.17) is 44.9 Å². The highest BCUT2D eigenvalue weighted by atomic mass is 35.5. The Morgan fingerprint density at radius 2 is 2.04 bits per heavy atom. The summed E-state index contributed by atoms with van der Waals surface area (Å²) < 4.78 is 6.08. The van der Waals surface area contributed by atoms with Crippen LogP contribution in [0.1, 0.15) is 12.2 Å². The van der Waals surface area contributed by atoms with Crippen molar-refractivity contribution in [3.8, 4) is 11.3 Å². The predicted octanol–water partition coefficient (Wildman–Crippen LogP) is 4.93. The van der Waals surface area contributed by atoms with E-state index >= 15 is 0 Å². The summed E-state index contributed by atoms with van der Waals surface area (Å²) in [5, 5.41) is 9.63. The van der Waals surface area contributed by atoms with Crippen LogP contribution in [0.25, 0.3) is 17.4 Å². The molecule has 1 aliphatic rings. The number of halogens is 2. The van der Waals surface area contributed by atoms with Gasteiger partial charge in [-0.3, -0.25) is 14.5 Å². The molecule has 1 aliphatic heterocycles. The highest BCUT2D eigenvalue weighted by Crippen LogP contribution is 2.34.